The van der Waals surface area contributed by atoms with Gasteiger partial charge >= 0.3 is 0 Å². The third-order valence-electron chi connectivity index (χ3n) is 3.44. The molecule has 21 heavy (non-hydrogen) atoms. The standard InChI is InChI=1S/C15H13Br2FN2O/c16-10-6-14(20(8-10)12-2-3-12)15(21)19-7-9-5-11(18)1-4-13(9)17/h1,4-6,8,12H,2-3,7H2,(H,19,21). The van der Waals surface area contributed by atoms with Crippen molar-refractivity contribution in [1.29, 1.82) is 0 Å². The van der Waals surface area contributed by atoms with E-state index in [-0.39, 0.29) is 18.3 Å². The molecule has 0 bridgehead atoms. The highest BCUT2D eigenvalue weighted by Gasteiger charge is 2.27. The highest BCUT2D eigenvalue weighted by Crippen LogP contribution is 2.37. The van der Waals surface area contributed by atoms with E-state index < -0.39 is 0 Å². The van der Waals surface area contributed by atoms with Crippen molar-refractivity contribution in [2.45, 2.75) is 25.4 Å². The fourth-order valence-corrected chi connectivity index (χ4v) is 3.05. The molecule has 1 heterocycles. The van der Waals surface area contributed by atoms with Gasteiger partial charge < -0.3 is 9.88 Å². The Morgan fingerprint density at radius 3 is 2.81 bits per heavy atom. The van der Waals surface area contributed by atoms with Gasteiger partial charge in [0.2, 0.25) is 0 Å². The lowest BCUT2D eigenvalue weighted by molar-refractivity contribution is 0.0941. The molecule has 110 valence electrons. The second-order valence-electron chi connectivity index (χ2n) is 5.10. The van der Waals surface area contributed by atoms with E-state index in [1.54, 1.807) is 6.07 Å². The Morgan fingerprint density at radius 1 is 1.33 bits per heavy atom. The number of benzene rings is 1. The van der Waals surface area contributed by atoms with Gasteiger partial charge in [-0.1, -0.05) is 15.9 Å². The Labute approximate surface area is 138 Å². The van der Waals surface area contributed by atoms with Crippen LogP contribution in [0.25, 0.3) is 0 Å². The summed E-state index contributed by atoms with van der Waals surface area (Å²) < 4.78 is 16.9. The molecular formula is C15H13Br2FN2O. The van der Waals surface area contributed by atoms with E-state index in [1.165, 1.54) is 12.1 Å². The summed E-state index contributed by atoms with van der Waals surface area (Å²) in [5.74, 6) is -0.463. The summed E-state index contributed by atoms with van der Waals surface area (Å²) in [7, 11) is 0. The van der Waals surface area contributed by atoms with E-state index in [9.17, 15) is 9.18 Å². The van der Waals surface area contributed by atoms with Crippen LogP contribution in [0.5, 0.6) is 0 Å². The average molecular weight is 416 g/mol. The normalized spacial score (nSPS) is 14.2. The van der Waals surface area contributed by atoms with E-state index in [2.05, 4.69) is 37.2 Å². The third kappa shape index (κ3) is 3.37. The second-order valence-corrected chi connectivity index (χ2v) is 6.87. The highest BCUT2D eigenvalue weighted by atomic mass is 79.9. The van der Waals surface area contributed by atoms with E-state index in [0.717, 1.165) is 21.8 Å². The minimum absolute atomic E-state index is 0.149. The number of nitrogens with zero attached hydrogens (tertiary/aromatic N) is 1. The Morgan fingerprint density at radius 2 is 2.10 bits per heavy atom. The molecule has 6 heteroatoms. The quantitative estimate of drug-likeness (QED) is 0.787. The van der Waals surface area contributed by atoms with Crippen LogP contribution in [-0.2, 0) is 6.54 Å². The number of aromatic nitrogens is 1. The van der Waals surface area contributed by atoms with Crippen LogP contribution in [0.4, 0.5) is 4.39 Å². The lowest BCUT2D eigenvalue weighted by Crippen LogP contribution is -2.25. The van der Waals surface area contributed by atoms with E-state index in [4.69, 9.17) is 0 Å². The molecule has 1 aliphatic rings. The maximum atomic E-state index is 13.2. The molecule has 1 aromatic heterocycles. The maximum Gasteiger partial charge on any atom is 0.268 e. The zero-order valence-corrected chi connectivity index (χ0v) is 14.2. The minimum atomic E-state index is -0.313. The van der Waals surface area contributed by atoms with Crippen LogP contribution < -0.4 is 5.32 Å². The first kappa shape index (κ1) is 14.8. The van der Waals surface area contributed by atoms with Crippen molar-refractivity contribution in [1.82, 2.24) is 9.88 Å². The van der Waals surface area contributed by atoms with E-state index >= 15 is 0 Å². The van der Waals surface area contributed by atoms with Crippen LogP contribution in [0.1, 0.15) is 34.9 Å². The predicted molar refractivity (Wildman–Crippen MR) is 85.7 cm³/mol. The minimum Gasteiger partial charge on any atom is -0.347 e. The maximum absolute atomic E-state index is 13.2. The molecule has 1 saturated carbocycles. The fourth-order valence-electron chi connectivity index (χ4n) is 2.23. The summed E-state index contributed by atoms with van der Waals surface area (Å²) >= 11 is 6.76. The number of hydrogen-bond acceptors (Lipinski definition) is 1. The zero-order chi connectivity index (χ0) is 15.0. The number of amides is 1. The number of halogens is 3. The van der Waals surface area contributed by atoms with Gasteiger partial charge in [0.15, 0.2) is 0 Å². The Hall–Kier alpha value is -1.14. The largest absolute Gasteiger partial charge is 0.347 e. The number of nitrogens with one attached hydrogen (secondary N) is 1. The number of rotatable bonds is 4. The van der Waals surface area contributed by atoms with Crippen LogP contribution in [0.3, 0.4) is 0 Å². The van der Waals surface area contributed by atoms with Crippen molar-refractivity contribution in [2.24, 2.45) is 0 Å². The molecule has 1 aliphatic carbocycles. The summed E-state index contributed by atoms with van der Waals surface area (Å²) in [5.41, 5.74) is 1.35. The molecule has 0 radical (unpaired) electrons. The zero-order valence-electron chi connectivity index (χ0n) is 11.1. The van der Waals surface area contributed by atoms with Crippen LogP contribution in [0, 0.1) is 5.82 Å². The van der Waals surface area contributed by atoms with Crippen molar-refractivity contribution in [3.05, 3.63) is 56.5 Å². The topological polar surface area (TPSA) is 34.0 Å². The van der Waals surface area contributed by atoms with Crippen LogP contribution in [0.2, 0.25) is 0 Å². The molecular weight excluding hydrogens is 403 g/mol. The molecule has 0 saturated heterocycles. The molecule has 2 aromatic rings. The first-order chi connectivity index (χ1) is 10.0. The van der Waals surface area contributed by atoms with Crippen LogP contribution in [-0.4, -0.2) is 10.5 Å². The number of carbonyl (C=O) groups is 1. The van der Waals surface area contributed by atoms with Gasteiger partial charge in [0.25, 0.3) is 5.91 Å². The summed E-state index contributed by atoms with van der Waals surface area (Å²) in [6.07, 6.45) is 4.15. The Bertz CT molecular complexity index is 695. The van der Waals surface area contributed by atoms with Gasteiger partial charge in [-0.15, -0.1) is 0 Å². The molecule has 1 amide bonds. The molecule has 1 fully saturated rings. The van der Waals surface area contributed by atoms with Gasteiger partial charge in [0.05, 0.1) is 0 Å². The molecule has 0 spiro atoms. The fraction of sp³-hybridized carbons (Fsp3) is 0.267. The van der Waals surface area contributed by atoms with Gasteiger partial charge in [-0.25, -0.2) is 4.39 Å². The average Bonchev–Trinajstić information content (AvgIpc) is 3.22. The first-order valence-corrected chi connectivity index (χ1v) is 8.22. The van der Waals surface area contributed by atoms with Gasteiger partial charge in [-0.2, -0.15) is 0 Å². The Balaban J connectivity index is 1.73. The third-order valence-corrected chi connectivity index (χ3v) is 4.64. The van der Waals surface area contributed by atoms with Crippen molar-refractivity contribution in [3.8, 4) is 0 Å². The Kier molecular flexibility index (Phi) is 4.17. The van der Waals surface area contributed by atoms with Crippen LogP contribution >= 0.6 is 31.9 Å². The van der Waals surface area contributed by atoms with Crippen LogP contribution in [0.15, 0.2) is 39.4 Å². The molecule has 0 unspecified atom stereocenters. The lowest BCUT2D eigenvalue weighted by atomic mass is 10.2. The van der Waals surface area contributed by atoms with Gasteiger partial charge in [0.1, 0.15) is 11.5 Å². The lowest BCUT2D eigenvalue weighted by Gasteiger charge is -2.10. The SMILES string of the molecule is O=C(NCc1cc(F)ccc1Br)c1cc(Br)cn1C1CC1. The van der Waals surface area contributed by atoms with Crippen molar-refractivity contribution in [3.63, 3.8) is 0 Å². The smallest absolute Gasteiger partial charge is 0.268 e. The van der Waals surface area contributed by atoms with E-state index in [0.29, 0.717) is 17.3 Å². The molecule has 3 rings (SSSR count). The molecule has 0 aliphatic heterocycles. The first-order valence-electron chi connectivity index (χ1n) is 6.64. The molecule has 1 aromatic carbocycles. The summed E-state index contributed by atoms with van der Waals surface area (Å²) in [6, 6.07) is 6.68. The summed E-state index contributed by atoms with van der Waals surface area (Å²) in [5, 5.41) is 2.84. The predicted octanol–water partition coefficient (Wildman–Crippen LogP) is 4.42. The van der Waals surface area contributed by atoms with Gasteiger partial charge in [0, 0.05) is 27.7 Å². The van der Waals surface area contributed by atoms with Crippen molar-refractivity contribution < 1.29 is 9.18 Å². The van der Waals surface area contributed by atoms with Gasteiger partial charge in [-0.05, 0) is 58.6 Å². The van der Waals surface area contributed by atoms with Crippen molar-refractivity contribution >= 4 is 37.8 Å². The molecule has 1 N–H and O–H groups in total. The summed E-state index contributed by atoms with van der Waals surface area (Å²) in [6.45, 7) is 0.282. The molecule has 0 atom stereocenters. The highest BCUT2D eigenvalue weighted by molar-refractivity contribution is 9.10. The van der Waals surface area contributed by atoms with Crippen molar-refractivity contribution in [2.75, 3.05) is 0 Å². The second kappa shape index (κ2) is 5.93. The van der Waals surface area contributed by atoms with E-state index in [1.807, 2.05) is 16.8 Å². The van der Waals surface area contributed by atoms with Gasteiger partial charge in [-0.3, -0.25) is 4.79 Å². The molecule has 3 nitrogen and oxygen atoms in total. The number of carbonyl (C=O) groups excluding carboxylic acids is 1. The monoisotopic (exact) mass is 414 g/mol. The summed E-state index contributed by atoms with van der Waals surface area (Å²) in [4.78, 5) is 12.3. The number of hydrogen-bond donors (Lipinski definition) is 1.